The van der Waals surface area contributed by atoms with Gasteiger partial charge in [0.2, 0.25) is 0 Å². The zero-order valence-electron chi connectivity index (χ0n) is 11.2. The molecular weight excluding hydrogens is 212 g/mol. The van der Waals surface area contributed by atoms with Crippen molar-refractivity contribution in [2.45, 2.75) is 38.8 Å². The van der Waals surface area contributed by atoms with Crippen LogP contribution in [0.2, 0.25) is 0 Å². The highest BCUT2D eigenvalue weighted by Crippen LogP contribution is 2.27. The van der Waals surface area contributed by atoms with E-state index in [0.717, 1.165) is 17.7 Å². The number of nitrogens with two attached hydrogens (primary N) is 2. The second kappa shape index (κ2) is 5.52. The van der Waals surface area contributed by atoms with Crippen LogP contribution in [0.5, 0.6) is 5.75 Å². The fourth-order valence-electron chi connectivity index (χ4n) is 1.99. The summed E-state index contributed by atoms with van der Waals surface area (Å²) < 4.78 is 5.14. The Morgan fingerprint density at radius 3 is 2.24 bits per heavy atom. The lowest BCUT2D eigenvalue weighted by Gasteiger charge is -2.35. The first kappa shape index (κ1) is 14.0. The molecule has 2 unspecified atom stereocenters. The maximum absolute atomic E-state index is 6.38. The van der Waals surface area contributed by atoms with Crippen molar-refractivity contribution >= 4 is 0 Å². The van der Waals surface area contributed by atoms with E-state index in [4.69, 9.17) is 16.2 Å². The quantitative estimate of drug-likeness (QED) is 0.824. The third-order valence-corrected chi connectivity index (χ3v) is 3.66. The molecule has 0 aliphatic heterocycles. The highest BCUT2D eigenvalue weighted by atomic mass is 16.5. The topological polar surface area (TPSA) is 61.3 Å². The summed E-state index contributed by atoms with van der Waals surface area (Å²) >= 11 is 0. The van der Waals surface area contributed by atoms with Crippen molar-refractivity contribution in [1.82, 2.24) is 0 Å². The molecule has 0 heterocycles. The van der Waals surface area contributed by atoms with Gasteiger partial charge in [-0.05, 0) is 30.5 Å². The van der Waals surface area contributed by atoms with Gasteiger partial charge < -0.3 is 16.2 Å². The van der Waals surface area contributed by atoms with Crippen LogP contribution < -0.4 is 16.2 Å². The standard InChI is InChI=1S/C14H24N2O/c1-5-10(2)13(15)14(3,16)11-6-8-12(17-4)9-7-11/h6-10,13H,5,15-16H2,1-4H3/t10?,13-,14?/m1/s1. The molecule has 96 valence electrons. The Balaban J connectivity index is 2.95. The van der Waals surface area contributed by atoms with E-state index >= 15 is 0 Å². The Morgan fingerprint density at radius 2 is 1.82 bits per heavy atom. The van der Waals surface area contributed by atoms with Crippen LogP contribution in [0.25, 0.3) is 0 Å². The van der Waals surface area contributed by atoms with Gasteiger partial charge in [-0.2, -0.15) is 0 Å². The Bertz CT molecular complexity index is 346. The Labute approximate surface area is 104 Å². The van der Waals surface area contributed by atoms with E-state index in [2.05, 4.69) is 13.8 Å². The molecule has 1 aromatic rings. The molecule has 0 aliphatic carbocycles. The third kappa shape index (κ3) is 2.99. The molecule has 0 bridgehead atoms. The maximum Gasteiger partial charge on any atom is 0.118 e. The molecule has 3 heteroatoms. The summed E-state index contributed by atoms with van der Waals surface area (Å²) in [5, 5.41) is 0. The second-order valence-corrected chi connectivity index (χ2v) is 4.92. The summed E-state index contributed by atoms with van der Waals surface area (Å²) in [7, 11) is 1.65. The largest absolute Gasteiger partial charge is 0.497 e. The zero-order chi connectivity index (χ0) is 13.1. The first-order valence-corrected chi connectivity index (χ1v) is 6.12. The monoisotopic (exact) mass is 236 g/mol. The highest BCUT2D eigenvalue weighted by Gasteiger charge is 2.32. The summed E-state index contributed by atoms with van der Waals surface area (Å²) in [5.41, 5.74) is 13.2. The molecule has 0 aromatic heterocycles. The fraction of sp³-hybridized carbons (Fsp3) is 0.571. The fourth-order valence-corrected chi connectivity index (χ4v) is 1.99. The van der Waals surface area contributed by atoms with Crippen LogP contribution >= 0.6 is 0 Å². The predicted octanol–water partition coefficient (Wildman–Crippen LogP) is 2.24. The van der Waals surface area contributed by atoms with Crippen molar-refractivity contribution in [3.8, 4) is 5.75 Å². The van der Waals surface area contributed by atoms with Gasteiger partial charge in [0.25, 0.3) is 0 Å². The number of rotatable bonds is 5. The molecule has 17 heavy (non-hydrogen) atoms. The first-order valence-electron chi connectivity index (χ1n) is 6.12. The molecule has 0 spiro atoms. The van der Waals surface area contributed by atoms with Crippen LogP contribution in [0.1, 0.15) is 32.8 Å². The SMILES string of the molecule is CCC(C)[C@@H](N)C(C)(N)c1ccc(OC)cc1. The predicted molar refractivity (Wildman–Crippen MR) is 72.0 cm³/mol. The molecule has 0 aliphatic rings. The summed E-state index contributed by atoms with van der Waals surface area (Å²) in [6, 6.07) is 7.76. The number of ether oxygens (including phenoxy) is 1. The van der Waals surface area contributed by atoms with E-state index in [1.54, 1.807) is 7.11 Å². The van der Waals surface area contributed by atoms with Gasteiger partial charge in [-0.3, -0.25) is 0 Å². The van der Waals surface area contributed by atoms with Gasteiger partial charge in [0.15, 0.2) is 0 Å². The molecule has 1 rings (SSSR count). The molecule has 4 N–H and O–H groups in total. The van der Waals surface area contributed by atoms with E-state index in [1.165, 1.54) is 0 Å². The summed E-state index contributed by atoms with van der Waals surface area (Å²) in [5.74, 6) is 1.23. The molecule has 0 saturated carbocycles. The van der Waals surface area contributed by atoms with Crippen molar-refractivity contribution < 1.29 is 4.74 Å². The maximum atomic E-state index is 6.38. The van der Waals surface area contributed by atoms with Gasteiger partial charge in [0.05, 0.1) is 12.6 Å². The molecule has 0 amide bonds. The molecular formula is C14H24N2O. The van der Waals surface area contributed by atoms with E-state index in [1.807, 2.05) is 31.2 Å². The third-order valence-electron chi connectivity index (χ3n) is 3.66. The van der Waals surface area contributed by atoms with Crippen LogP contribution in [-0.2, 0) is 5.54 Å². The highest BCUT2D eigenvalue weighted by molar-refractivity contribution is 5.32. The molecule has 1 aromatic carbocycles. The zero-order valence-corrected chi connectivity index (χ0v) is 11.2. The van der Waals surface area contributed by atoms with Gasteiger partial charge in [-0.1, -0.05) is 32.4 Å². The van der Waals surface area contributed by atoms with E-state index in [0.29, 0.717) is 5.92 Å². The van der Waals surface area contributed by atoms with Gasteiger partial charge in [0.1, 0.15) is 5.75 Å². The summed E-state index contributed by atoms with van der Waals surface area (Å²) in [6.07, 6.45) is 1.03. The number of benzene rings is 1. The normalized spacial score (nSPS) is 18.2. The van der Waals surface area contributed by atoms with Gasteiger partial charge in [-0.25, -0.2) is 0 Å². The second-order valence-electron chi connectivity index (χ2n) is 4.92. The number of methoxy groups -OCH3 is 1. The molecule has 3 atom stereocenters. The van der Waals surface area contributed by atoms with Crippen molar-refractivity contribution in [2.24, 2.45) is 17.4 Å². The van der Waals surface area contributed by atoms with Crippen LogP contribution in [-0.4, -0.2) is 13.2 Å². The average Bonchev–Trinajstić information content (AvgIpc) is 2.36. The Hall–Kier alpha value is -1.06. The smallest absolute Gasteiger partial charge is 0.118 e. The lowest BCUT2D eigenvalue weighted by atomic mass is 9.79. The van der Waals surface area contributed by atoms with Crippen molar-refractivity contribution in [3.05, 3.63) is 29.8 Å². The number of hydrogen-bond donors (Lipinski definition) is 2. The van der Waals surface area contributed by atoms with Crippen LogP contribution in [0, 0.1) is 5.92 Å². The first-order chi connectivity index (χ1) is 7.93. The lowest BCUT2D eigenvalue weighted by Crippen LogP contribution is -2.53. The average molecular weight is 236 g/mol. The van der Waals surface area contributed by atoms with Crippen LogP contribution in [0.4, 0.5) is 0 Å². The lowest BCUT2D eigenvalue weighted by molar-refractivity contribution is 0.292. The Kier molecular flexibility index (Phi) is 4.54. The van der Waals surface area contributed by atoms with Crippen LogP contribution in [0.3, 0.4) is 0 Å². The van der Waals surface area contributed by atoms with Gasteiger partial charge in [0, 0.05) is 6.04 Å². The van der Waals surface area contributed by atoms with Crippen LogP contribution in [0.15, 0.2) is 24.3 Å². The van der Waals surface area contributed by atoms with Crippen molar-refractivity contribution in [1.29, 1.82) is 0 Å². The van der Waals surface area contributed by atoms with Gasteiger partial charge >= 0.3 is 0 Å². The molecule has 3 nitrogen and oxygen atoms in total. The summed E-state index contributed by atoms with van der Waals surface area (Å²) in [6.45, 7) is 6.26. The minimum Gasteiger partial charge on any atom is -0.497 e. The minimum absolute atomic E-state index is 0.0547. The van der Waals surface area contributed by atoms with Gasteiger partial charge in [-0.15, -0.1) is 0 Å². The Morgan fingerprint density at radius 1 is 1.29 bits per heavy atom. The molecule has 0 radical (unpaired) electrons. The van der Waals surface area contributed by atoms with Crippen molar-refractivity contribution in [2.75, 3.05) is 7.11 Å². The summed E-state index contributed by atoms with van der Waals surface area (Å²) in [4.78, 5) is 0. The number of hydrogen-bond acceptors (Lipinski definition) is 3. The van der Waals surface area contributed by atoms with Crippen molar-refractivity contribution in [3.63, 3.8) is 0 Å². The molecule has 0 saturated heterocycles. The minimum atomic E-state index is -0.512. The van der Waals surface area contributed by atoms with E-state index in [9.17, 15) is 0 Å². The van der Waals surface area contributed by atoms with E-state index in [-0.39, 0.29) is 6.04 Å². The molecule has 0 fully saturated rings. The van der Waals surface area contributed by atoms with E-state index < -0.39 is 5.54 Å².